The van der Waals surface area contributed by atoms with Gasteiger partial charge in [0.05, 0.1) is 20.0 Å². The Morgan fingerprint density at radius 2 is 1.61 bits per heavy atom. The van der Waals surface area contributed by atoms with E-state index in [4.69, 9.17) is 18.9 Å². The van der Waals surface area contributed by atoms with E-state index in [1.54, 1.807) is 6.07 Å². The number of rotatable bonds is 12. The van der Waals surface area contributed by atoms with Gasteiger partial charge >= 0.3 is 29.8 Å². The first-order valence-corrected chi connectivity index (χ1v) is 15.1. The van der Waals surface area contributed by atoms with Gasteiger partial charge in [-0.2, -0.15) is 0 Å². The molecule has 0 saturated carbocycles. The van der Waals surface area contributed by atoms with Crippen molar-refractivity contribution in [2.24, 2.45) is 23.7 Å². The fraction of sp³-hybridized carbons (Fsp3) is 0.645. The number of benzene rings is 1. The molecule has 13 nitrogen and oxygen atoms in total. The Bertz CT molecular complexity index is 1260. The molecule has 3 aliphatic rings. The number of carbonyl (C=O) groups is 5. The van der Waals surface area contributed by atoms with E-state index in [1.807, 2.05) is 6.07 Å². The van der Waals surface area contributed by atoms with Gasteiger partial charge in [-0.3, -0.25) is 24.1 Å². The molecule has 0 spiro atoms. The molecular formula is C31H41NO12. The van der Waals surface area contributed by atoms with E-state index in [1.165, 1.54) is 6.92 Å². The van der Waals surface area contributed by atoms with E-state index in [9.17, 15) is 39.3 Å². The number of hydrogen-bond acceptors (Lipinski definition) is 10. The maximum absolute atomic E-state index is 12.8. The number of carboxylic acid groups (broad SMARTS) is 3. The maximum Gasteiger partial charge on any atom is 0.335 e. The highest BCUT2D eigenvalue weighted by Gasteiger charge is 2.52. The summed E-state index contributed by atoms with van der Waals surface area (Å²) in [7, 11) is 1.08. The van der Waals surface area contributed by atoms with Crippen molar-refractivity contribution in [3.63, 3.8) is 0 Å². The van der Waals surface area contributed by atoms with Crippen molar-refractivity contribution in [2.45, 2.75) is 83.6 Å². The van der Waals surface area contributed by atoms with Crippen LogP contribution in [0.2, 0.25) is 0 Å². The Morgan fingerprint density at radius 1 is 0.955 bits per heavy atom. The van der Waals surface area contributed by atoms with Crippen LogP contribution in [-0.2, 0) is 46.3 Å². The highest BCUT2D eigenvalue weighted by atomic mass is 16.7. The second kappa shape index (κ2) is 14.4. The Kier molecular flexibility index (Phi) is 10.8. The van der Waals surface area contributed by atoms with Gasteiger partial charge in [0.25, 0.3) is 0 Å². The molecule has 0 bridgehead atoms. The summed E-state index contributed by atoms with van der Waals surface area (Å²) in [6.45, 7) is 5.45. The lowest BCUT2D eigenvalue weighted by atomic mass is 9.71. The van der Waals surface area contributed by atoms with Gasteiger partial charge in [0.2, 0.25) is 6.29 Å². The zero-order chi connectivity index (χ0) is 32.1. The molecule has 4 rings (SSSR count). The molecule has 0 aromatic heterocycles. The number of likely N-dealkylation sites (tertiary alicyclic amines) is 1. The summed E-state index contributed by atoms with van der Waals surface area (Å²) in [5.74, 6) is -8.37. The standard InChI is InChI=1S/C31H41NO12/c1-4-9-32-10-5-6-18-11-19-17(12-23(18)32)7-8-24(28(19)42-16(2)33)43-31-22(15-27(38)39)20(13-25(34)35)21(14-26(36)37)29(44-31)30(40)41-3/h7-8,18,20-23,29,31H,4-6,9-15H2,1-3H3,(H,34,35)(H,36,37)(H,38,39)/t18-,20+,21+,22-,23-,29+,31-/m1/s1. The number of carboxylic acids is 3. The van der Waals surface area contributed by atoms with Gasteiger partial charge in [0.15, 0.2) is 17.6 Å². The van der Waals surface area contributed by atoms with Crippen LogP contribution in [0.5, 0.6) is 11.5 Å². The van der Waals surface area contributed by atoms with Crippen LogP contribution in [0.4, 0.5) is 0 Å². The van der Waals surface area contributed by atoms with E-state index in [0.717, 1.165) is 57.0 Å². The zero-order valence-corrected chi connectivity index (χ0v) is 25.2. The van der Waals surface area contributed by atoms with Crippen molar-refractivity contribution in [3.8, 4) is 11.5 Å². The number of aliphatic carboxylic acids is 3. The monoisotopic (exact) mass is 619 g/mol. The lowest BCUT2D eigenvalue weighted by Gasteiger charge is -2.46. The predicted molar refractivity (Wildman–Crippen MR) is 152 cm³/mol. The van der Waals surface area contributed by atoms with Gasteiger partial charge in [-0.25, -0.2) is 4.79 Å². The molecule has 0 unspecified atom stereocenters. The van der Waals surface area contributed by atoms with E-state index in [2.05, 4.69) is 11.8 Å². The molecule has 2 aliphatic heterocycles. The first-order chi connectivity index (χ1) is 20.9. The van der Waals surface area contributed by atoms with E-state index in [0.29, 0.717) is 18.4 Å². The van der Waals surface area contributed by atoms with Gasteiger partial charge in [-0.15, -0.1) is 0 Å². The Hall–Kier alpha value is -3.71. The maximum atomic E-state index is 12.8. The van der Waals surface area contributed by atoms with Gasteiger partial charge in [0, 0.05) is 36.8 Å². The number of nitrogens with zero attached hydrogens (tertiary/aromatic N) is 1. The van der Waals surface area contributed by atoms with Gasteiger partial charge in [-0.1, -0.05) is 13.0 Å². The van der Waals surface area contributed by atoms with Crippen LogP contribution in [0, 0.1) is 23.7 Å². The van der Waals surface area contributed by atoms with Crippen LogP contribution in [0.1, 0.15) is 63.5 Å². The quantitative estimate of drug-likeness (QED) is 0.229. The number of methoxy groups -OCH3 is 1. The molecule has 0 amide bonds. The third-order valence-corrected chi connectivity index (χ3v) is 9.03. The predicted octanol–water partition coefficient (Wildman–Crippen LogP) is 2.75. The van der Waals surface area contributed by atoms with Crippen molar-refractivity contribution >= 4 is 29.8 Å². The molecule has 0 radical (unpaired) electrons. The van der Waals surface area contributed by atoms with Crippen molar-refractivity contribution in [1.29, 1.82) is 0 Å². The van der Waals surface area contributed by atoms with Gasteiger partial charge < -0.3 is 34.3 Å². The van der Waals surface area contributed by atoms with Crippen LogP contribution < -0.4 is 9.47 Å². The summed E-state index contributed by atoms with van der Waals surface area (Å²) in [6.07, 6.45) is -0.443. The second-order valence-corrected chi connectivity index (χ2v) is 11.9. The topological polar surface area (TPSA) is 186 Å². The number of esters is 2. The molecule has 1 aliphatic carbocycles. The van der Waals surface area contributed by atoms with Crippen molar-refractivity contribution in [3.05, 3.63) is 23.3 Å². The molecule has 3 N–H and O–H groups in total. The fourth-order valence-corrected chi connectivity index (χ4v) is 7.30. The van der Waals surface area contributed by atoms with Crippen LogP contribution in [-0.4, -0.2) is 88.7 Å². The highest BCUT2D eigenvalue weighted by molar-refractivity contribution is 5.78. The lowest BCUT2D eigenvalue weighted by Crippen LogP contribution is -2.54. The Labute approximate surface area is 255 Å². The van der Waals surface area contributed by atoms with Gasteiger partial charge in [0.1, 0.15) is 0 Å². The largest absolute Gasteiger partial charge is 0.481 e. The summed E-state index contributed by atoms with van der Waals surface area (Å²) in [6, 6.07) is 3.84. The number of hydrogen-bond donors (Lipinski definition) is 3. The first kappa shape index (κ1) is 33.2. The number of fused-ring (bicyclic) bond motifs is 2. The average Bonchev–Trinajstić information content (AvgIpc) is 2.95. The summed E-state index contributed by atoms with van der Waals surface area (Å²) >= 11 is 0. The van der Waals surface area contributed by atoms with Crippen molar-refractivity contribution in [1.82, 2.24) is 4.90 Å². The van der Waals surface area contributed by atoms with Crippen LogP contribution in [0.3, 0.4) is 0 Å². The van der Waals surface area contributed by atoms with Crippen LogP contribution in [0.15, 0.2) is 12.1 Å². The fourth-order valence-electron chi connectivity index (χ4n) is 7.30. The van der Waals surface area contributed by atoms with E-state index in [-0.39, 0.29) is 11.5 Å². The number of carbonyl (C=O) groups excluding carboxylic acids is 2. The summed E-state index contributed by atoms with van der Waals surface area (Å²) in [5.41, 5.74) is 1.81. The summed E-state index contributed by atoms with van der Waals surface area (Å²) < 4.78 is 22.7. The second-order valence-electron chi connectivity index (χ2n) is 11.9. The minimum atomic E-state index is -1.54. The molecule has 1 aromatic carbocycles. The smallest absolute Gasteiger partial charge is 0.335 e. The van der Waals surface area contributed by atoms with Crippen molar-refractivity contribution in [2.75, 3.05) is 20.2 Å². The summed E-state index contributed by atoms with van der Waals surface area (Å²) in [5, 5.41) is 29.0. The molecule has 2 fully saturated rings. The Balaban J connectivity index is 1.76. The molecule has 13 heteroatoms. The minimum Gasteiger partial charge on any atom is -0.481 e. The molecule has 7 atom stereocenters. The van der Waals surface area contributed by atoms with Crippen LogP contribution in [0.25, 0.3) is 0 Å². The molecular weight excluding hydrogens is 578 g/mol. The molecule has 2 heterocycles. The third kappa shape index (κ3) is 7.49. The average molecular weight is 620 g/mol. The van der Waals surface area contributed by atoms with Crippen LogP contribution >= 0.6 is 0 Å². The lowest BCUT2D eigenvalue weighted by molar-refractivity contribution is -0.233. The van der Waals surface area contributed by atoms with E-state index < -0.39 is 79.3 Å². The minimum absolute atomic E-state index is 0.0772. The third-order valence-electron chi connectivity index (χ3n) is 9.03. The Morgan fingerprint density at radius 3 is 2.23 bits per heavy atom. The first-order valence-electron chi connectivity index (χ1n) is 15.1. The van der Waals surface area contributed by atoms with Gasteiger partial charge in [-0.05, 0) is 68.7 Å². The molecule has 2 saturated heterocycles. The van der Waals surface area contributed by atoms with E-state index >= 15 is 0 Å². The summed E-state index contributed by atoms with van der Waals surface area (Å²) in [4.78, 5) is 63.2. The molecule has 242 valence electrons. The number of piperidine rings is 1. The SMILES string of the molecule is CCCN1CCC[C@@H]2Cc3c(ccc(O[C@@H]4O[C@H](C(=O)OC)[C@@H](CC(=O)O)[C@H](CC(=O)O)[C@H]4CC(=O)O)c3OC(C)=O)C[C@H]21. The number of ether oxygens (including phenoxy) is 4. The van der Waals surface area contributed by atoms with Crippen molar-refractivity contribution < 1.29 is 58.2 Å². The zero-order valence-electron chi connectivity index (χ0n) is 25.2. The normalized spacial score (nSPS) is 28.2. The highest BCUT2D eigenvalue weighted by Crippen LogP contribution is 2.46. The molecule has 44 heavy (non-hydrogen) atoms. The molecule has 1 aromatic rings.